The van der Waals surface area contributed by atoms with Gasteiger partial charge in [-0.15, -0.1) is 10.2 Å². The highest BCUT2D eigenvalue weighted by molar-refractivity contribution is 7.80. The lowest BCUT2D eigenvalue weighted by Crippen LogP contribution is -1.99. The van der Waals surface area contributed by atoms with Crippen LogP contribution in [0.1, 0.15) is 11.8 Å². The zero-order valence-electron chi connectivity index (χ0n) is 7.36. The fourth-order valence-corrected chi connectivity index (χ4v) is 1.31. The lowest BCUT2D eigenvalue weighted by atomic mass is 10.2. The van der Waals surface area contributed by atoms with Crippen LogP contribution < -0.4 is 0 Å². The molecule has 0 amide bonds. The van der Waals surface area contributed by atoms with Crippen LogP contribution in [0.3, 0.4) is 0 Å². The molecule has 0 saturated carbocycles. The normalized spacial score (nSPS) is 18.9. The highest BCUT2D eigenvalue weighted by Crippen LogP contribution is 2.27. The number of non-ortho nitro benzene ring substituents is 1. The van der Waals surface area contributed by atoms with Gasteiger partial charge in [0.25, 0.3) is 5.69 Å². The zero-order chi connectivity index (χ0) is 10.8. The zero-order valence-corrected chi connectivity index (χ0v) is 8.18. The van der Waals surface area contributed by atoms with Gasteiger partial charge in [-0.2, -0.15) is 0 Å². The number of hydrogen-bond donors (Lipinski definition) is 0. The van der Waals surface area contributed by atoms with Crippen molar-refractivity contribution in [3.63, 3.8) is 0 Å². The molecule has 0 saturated heterocycles. The topological polar surface area (TPSA) is 77.1 Å². The highest BCUT2D eigenvalue weighted by atomic mass is 32.1. The molecule has 1 unspecified atom stereocenters. The molecule has 15 heavy (non-hydrogen) atoms. The Morgan fingerprint density at radius 1 is 1.53 bits per heavy atom. The molecule has 76 valence electrons. The monoisotopic (exact) mass is 223 g/mol. The van der Waals surface area contributed by atoms with Crippen LogP contribution in [0.25, 0.3) is 0 Å². The number of nitro groups is 1. The number of azo groups is 1. The molecule has 1 heterocycles. The van der Waals surface area contributed by atoms with E-state index in [-0.39, 0.29) is 10.9 Å². The van der Waals surface area contributed by atoms with Crippen molar-refractivity contribution in [2.45, 2.75) is 6.23 Å². The minimum Gasteiger partial charge on any atom is -0.436 e. The van der Waals surface area contributed by atoms with Gasteiger partial charge in [0, 0.05) is 17.7 Å². The number of ether oxygens (including phenoxy) is 1. The molecule has 6 nitrogen and oxygen atoms in total. The summed E-state index contributed by atoms with van der Waals surface area (Å²) in [6.07, 6.45) is -0.655. The third-order valence-electron chi connectivity index (χ3n) is 1.82. The van der Waals surface area contributed by atoms with Crippen LogP contribution >= 0.6 is 12.2 Å². The lowest BCUT2D eigenvalue weighted by molar-refractivity contribution is -0.385. The minimum atomic E-state index is -0.655. The summed E-state index contributed by atoms with van der Waals surface area (Å²) in [5.74, 6) is 0. The van der Waals surface area contributed by atoms with E-state index in [0.717, 1.165) is 0 Å². The van der Waals surface area contributed by atoms with Crippen molar-refractivity contribution < 1.29 is 9.66 Å². The third-order valence-corrected chi connectivity index (χ3v) is 2.00. The average Bonchev–Trinajstić information content (AvgIpc) is 2.65. The predicted molar refractivity (Wildman–Crippen MR) is 54.4 cm³/mol. The Labute approximate surface area is 89.7 Å². The van der Waals surface area contributed by atoms with E-state index in [0.29, 0.717) is 5.56 Å². The van der Waals surface area contributed by atoms with Crippen LogP contribution in [0.15, 0.2) is 34.5 Å². The molecule has 1 aliphatic rings. The second kappa shape index (κ2) is 3.70. The maximum absolute atomic E-state index is 10.5. The molecule has 0 N–H and O–H groups in total. The molecule has 0 fully saturated rings. The predicted octanol–water partition coefficient (Wildman–Crippen LogP) is 2.36. The van der Waals surface area contributed by atoms with Crippen LogP contribution in [0.4, 0.5) is 5.69 Å². The summed E-state index contributed by atoms with van der Waals surface area (Å²) in [6, 6.07) is 6.02. The van der Waals surface area contributed by atoms with Crippen molar-refractivity contribution in [3.05, 3.63) is 39.9 Å². The molecule has 1 aromatic carbocycles. The smallest absolute Gasteiger partial charge is 0.304 e. The molecule has 2 rings (SSSR count). The minimum absolute atomic E-state index is 0.0101. The van der Waals surface area contributed by atoms with Crippen LogP contribution in [0.2, 0.25) is 0 Å². The van der Waals surface area contributed by atoms with Crippen LogP contribution in [-0.2, 0) is 4.74 Å². The van der Waals surface area contributed by atoms with Crippen molar-refractivity contribution >= 4 is 23.1 Å². The molecule has 0 bridgehead atoms. The molecule has 0 radical (unpaired) electrons. The molecule has 1 aliphatic heterocycles. The molecular formula is C8H5N3O3S. The summed E-state index contributed by atoms with van der Waals surface area (Å²) in [5.41, 5.74) is 0.553. The maximum atomic E-state index is 10.5. The highest BCUT2D eigenvalue weighted by Gasteiger charge is 2.21. The van der Waals surface area contributed by atoms with Gasteiger partial charge in [-0.1, -0.05) is 12.1 Å². The van der Waals surface area contributed by atoms with Crippen molar-refractivity contribution in [2.24, 2.45) is 10.2 Å². The first kappa shape index (κ1) is 9.66. The van der Waals surface area contributed by atoms with Crippen LogP contribution in [-0.4, -0.2) is 10.1 Å². The van der Waals surface area contributed by atoms with Gasteiger partial charge in [0.1, 0.15) is 0 Å². The molecule has 0 spiro atoms. The number of rotatable bonds is 2. The number of hydrogen-bond acceptors (Lipinski definition) is 5. The first-order valence-electron chi connectivity index (χ1n) is 4.02. The average molecular weight is 223 g/mol. The Kier molecular flexibility index (Phi) is 2.38. The maximum Gasteiger partial charge on any atom is 0.304 e. The largest absolute Gasteiger partial charge is 0.436 e. The molecule has 0 aromatic heterocycles. The summed E-state index contributed by atoms with van der Waals surface area (Å²) in [4.78, 5) is 10.0. The van der Waals surface area contributed by atoms with Crippen LogP contribution in [0.5, 0.6) is 0 Å². The van der Waals surface area contributed by atoms with E-state index in [9.17, 15) is 10.1 Å². The van der Waals surface area contributed by atoms with E-state index in [1.165, 1.54) is 12.1 Å². The van der Waals surface area contributed by atoms with E-state index < -0.39 is 11.2 Å². The number of benzene rings is 1. The van der Waals surface area contributed by atoms with Crippen molar-refractivity contribution in [1.82, 2.24) is 0 Å². The SMILES string of the molecule is O=[N+]([O-])c1cccc(C2N=NC(=S)O2)c1. The summed E-state index contributed by atoms with van der Waals surface area (Å²) < 4.78 is 5.06. The van der Waals surface area contributed by atoms with E-state index in [2.05, 4.69) is 22.4 Å². The van der Waals surface area contributed by atoms with E-state index in [1.54, 1.807) is 12.1 Å². The second-order valence-electron chi connectivity index (χ2n) is 2.80. The Bertz CT molecular complexity index is 460. The quantitative estimate of drug-likeness (QED) is 0.438. The number of nitrogens with zero attached hydrogens (tertiary/aromatic N) is 3. The summed E-state index contributed by atoms with van der Waals surface area (Å²) in [5, 5.41) is 17.8. The Balaban J connectivity index is 2.29. The summed E-state index contributed by atoms with van der Waals surface area (Å²) in [7, 11) is 0. The lowest BCUT2D eigenvalue weighted by Gasteiger charge is -2.05. The van der Waals surface area contributed by atoms with Gasteiger partial charge in [-0.05, 0) is 12.2 Å². The Hall–Kier alpha value is -1.89. The molecule has 7 heteroatoms. The van der Waals surface area contributed by atoms with Gasteiger partial charge in [0.15, 0.2) is 0 Å². The molecular weight excluding hydrogens is 218 g/mol. The summed E-state index contributed by atoms with van der Waals surface area (Å²) in [6.45, 7) is 0. The van der Waals surface area contributed by atoms with E-state index >= 15 is 0 Å². The van der Waals surface area contributed by atoms with E-state index in [4.69, 9.17) is 4.74 Å². The van der Waals surface area contributed by atoms with Crippen LogP contribution in [0, 0.1) is 10.1 Å². The molecule has 1 aromatic rings. The Morgan fingerprint density at radius 3 is 2.93 bits per heavy atom. The Morgan fingerprint density at radius 2 is 2.33 bits per heavy atom. The second-order valence-corrected chi connectivity index (χ2v) is 3.15. The number of thiocarbonyl (C=S) groups is 1. The van der Waals surface area contributed by atoms with Crippen molar-refractivity contribution in [2.75, 3.05) is 0 Å². The molecule has 1 atom stereocenters. The van der Waals surface area contributed by atoms with Gasteiger partial charge in [0.05, 0.1) is 4.92 Å². The third kappa shape index (κ3) is 1.96. The van der Waals surface area contributed by atoms with Gasteiger partial charge in [-0.25, -0.2) is 0 Å². The first-order chi connectivity index (χ1) is 7.16. The standard InChI is InChI=1S/C8H5N3O3S/c12-11(13)6-3-1-2-5(4-6)7-9-10-8(15)14-7/h1-4,7H. The van der Waals surface area contributed by atoms with Gasteiger partial charge in [0.2, 0.25) is 6.23 Å². The number of nitro benzene ring substituents is 1. The van der Waals surface area contributed by atoms with Gasteiger partial charge in [-0.3, -0.25) is 10.1 Å². The van der Waals surface area contributed by atoms with E-state index in [1.807, 2.05) is 0 Å². The summed E-state index contributed by atoms with van der Waals surface area (Å²) >= 11 is 4.66. The fraction of sp³-hybridized carbons (Fsp3) is 0.125. The van der Waals surface area contributed by atoms with Gasteiger partial charge >= 0.3 is 5.17 Å². The van der Waals surface area contributed by atoms with Crippen molar-refractivity contribution in [3.8, 4) is 0 Å². The van der Waals surface area contributed by atoms with Gasteiger partial charge < -0.3 is 4.74 Å². The van der Waals surface area contributed by atoms with Crippen molar-refractivity contribution in [1.29, 1.82) is 0 Å². The molecule has 0 aliphatic carbocycles. The first-order valence-corrected chi connectivity index (χ1v) is 4.43. The fourth-order valence-electron chi connectivity index (χ4n) is 1.17.